The van der Waals surface area contributed by atoms with Crippen molar-refractivity contribution in [3.05, 3.63) is 29.3 Å². The number of rotatable bonds is 4. The number of benzene rings is 1. The molecule has 1 rings (SSSR count). The molecule has 0 fully saturated rings. The van der Waals surface area contributed by atoms with Crippen LogP contribution in [0.2, 0.25) is 0 Å². The van der Waals surface area contributed by atoms with Crippen molar-refractivity contribution in [3.8, 4) is 0 Å². The predicted molar refractivity (Wildman–Crippen MR) is 59.4 cm³/mol. The van der Waals surface area contributed by atoms with E-state index in [1.165, 1.54) is 5.56 Å². The van der Waals surface area contributed by atoms with Gasteiger partial charge in [0.15, 0.2) is 0 Å². The van der Waals surface area contributed by atoms with Crippen LogP contribution in [0.15, 0.2) is 23.2 Å². The van der Waals surface area contributed by atoms with Crippen molar-refractivity contribution < 1.29 is 4.79 Å². The first kappa shape index (κ1) is 10.6. The summed E-state index contributed by atoms with van der Waals surface area (Å²) in [6, 6.07) is 6.13. The molecule has 0 N–H and O–H groups in total. The Morgan fingerprint density at radius 3 is 2.86 bits per heavy atom. The number of aldehydes is 1. The van der Waals surface area contributed by atoms with Gasteiger partial charge in [-0.25, -0.2) is 0 Å². The maximum Gasteiger partial charge on any atom is 0.120 e. The van der Waals surface area contributed by atoms with E-state index in [2.05, 4.69) is 4.99 Å². The van der Waals surface area contributed by atoms with Crippen LogP contribution in [-0.4, -0.2) is 12.5 Å². The second-order valence-corrected chi connectivity index (χ2v) is 3.21. The Morgan fingerprint density at radius 2 is 2.21 bits per heavy atom. The van der Waals surface area contributed by atoms with E-state index < -0.39 is 0 Å². The van der Waals surface area contributed by atoms with Gasteiger partial charge in [-0.05, 0) is 37.5 Å². The van der Waals surface area contributed by atoms with Crippen molar-refractivity contribution in [2.75, 3.05) is 0 Å². The highest BCUT2D eigenvalue weighted by Crippen LogP contribution is 2.20. The molecular weight excluding hydrogens is 174 g/mol. The molecule has 2 heteroatoms. The summed E-state index contributed by atoms with van der Waals surface area (Å²) in [6.45, 7) is 3.93. The van der Waals surface area contributed by atoms with Crippen molar-refractivity contribution in [2.24, 2.45) is 4.99 Å². The summed E-state index contributed by atoms with van der Waals surface area (Å²) in [5, 5.41) is 0. The fraction of sp³-hybridized carbons (Fsp3) is 0.333. The van der Waals surface area contributed by atoms with Gasteiger partial charge in [0.25, 0.3) is 0 Å². The first-order chi connectivity index (χ1) is 6.77. The Kier molecular flexibility index (Phi) is 4.05. The van der Waals surface area contributed by atoms with Gasteiger partial charge in [0.05, 0.1) is 5.69 Å². The lowest BCUT2D eigenvalue weighted by Crippen LogP contribution is -1.86. The lowest BCUT2D eigenvalue weighted by molar-refractivity contribution is -0.107. The Bertz CT molecular complexity index is 342. The van der Waals surface area contributed by atoms with Crippen LogP contribution < -0.4 is 0 Å². The molecule has 0 aliphatic carbocycles. The molecule has 0 atom stereocenters. The molecular formula is C12H15NO. The fourth-order valence-electron chi connectivity index (χ4n) is 1.31. The van der Waals surface area contributed by atoms with Gasteiger partial charge in [0.1, 0.15) is 6.29 Å². The summed E-state index contributed by atoms with van der Waals surface area (Å²) in [4.78, 5) is 14.5. The van der Waals surface area contributed by atoms with Gasteiger partial charge >= 0.3 is 0 Å². The molecule has 2 nitrogen and oxygen atoms in total. The predicted octanol–water partition coefficient (Wildman–Crippen LogP) is 2.85. The number of aliphatic imine (C=N–C) groups is 1. The van der Waals surface area contributed by atoms with Crippen molar-refractivity contribution >= 4 is 18.2 Å². The zero-order valence-corrected chi connectivity index (χ0v) is 8.66. The van der Waals surface area contributed by atoms with Crippen LogP contribution in [0.1, 0.15) is 24.5 Å². The summed E-state index contributed by atoms with van der Waals surface area (Å²) in [7, 11) is 0. The molecule has 0 spiro atoms. The number of aryl methyl sites for hydroxylation is 2. The van der Waals surface area contributed by atoms with Gasteiger partial charge in [-0.3, -0.25) is 4.99 Å². The molecule has 1 aromatic rings. The summed E-state index contributed by atoms with van der Waals surface area (Å²) in [5.74, 6) is 0. The van der Waals surface area contributed by atoms with E-state index in [1.807, 2.05) is 32.0 Å². The van der Waals surface area contributed by atoms with E-state index in [9.17, 15) is 4.79 Å². The van der Waals surface area contributed by atoms with Gasteiger partial charge in [-0.2, -0.15) is 0 Å². The van der Waals surface area contributed by atoms with E-state index in [0.29, 0.717) is 6.42 Å². The molecule has 74 valence electrons. The average Bonchev–Trinajstić information content (AvgIpc) is 2.19. The highest BCUT2D eigenvalue weighted by atomic mass is 16.1. The second kappa shape index (κ2) is 5.32. The van der Waals surface area contributed by atoms with Crippen molar-refractivity contribution in [3.63, 3.8) is 0 Å². The fourth-order valence-corrected chi connectivity index (χ4v) is 1.31. The number of carbonyl (C=O) groups is 1. The number of hydrogen-bond acceptors (Lipinski definition) is 2. The Morgan fingerprint density at radius 1 is 1.43 bits per heavy atom. The van der Waals surface area contributed by atoms with Crippen LogP contribution in [0, 0.1) is 6.92 Å². The van der Waals surface area contributed by atoms with Gasteiger partial charge in [-0.1, -0.05) is 12.1 Å². The van der Waals surface area contributed by atoms with E-state index in [-0.39, 0.29) is 0 Å². The lowest BCUT2D eigenvalue weighted by atomic mass is 10.1. The molecule has 0 bridgehead atoms. The van der Waals surface area contributed by atoms with Gasteiger partial charge in [0.2, 0.25) is 0 Å². The SMILES string of the molecule is CC=Nc1cc(CCC=O)ccc1C. The molecule has 14 heavy (non-hydrogen) atoms. The molecule has 0 amide bonds. The topological polar surface area (TPSA) is 29.4 Å². The minimum atomic E-state index is 0.582. The van der Waals surface area contributed by atoms with Crippen LogP contribution in [-0.2, 0) is 11.2 Å². The normalized spacial score (nSPS) is 10.7. The summed E-state index contributed by atoms with van der Waals surface area (Å²) in [6.07, 6.45) is 4.11. The van der Waals surface area contributed by atoms with E-state index >= 15 is 0 Å². The summed E-state index contributed by atoms with van der Waals surface area (Å²) < 4.78 is 0. The maximum atomic E-state index is 10.2. The van der Waals surface area contributed by atoms with E-state index in [1.54, 1.807) is 6.21 Å². The van der Waals surface area contributed by atoms with Crippen LogP contribution >= 0.6 is 0 Å². The molecule has 0 heterocycles. The van der Waals surface area contributed by atoms with Crippen molar-refractivity contribution in [1.29, 1.82) is 0 Å². The largest absolute Gasteiger partial charge is 0.303 e. The third-order valence-corrected chi connectivity index (χ3v) is 2.09. The first-order valence-electron chi connectivity index (χ1n) is 4.79. The molecule has 0 saturated carbocycles. The quantitative estimate of drug-likeness (QED) is 0.529. The van der Waals surface area contributed by atoms with E-state index in [0.717, 1.165) is 24.0 Å². The highest BCUT2D eigenvalue weighted by molar-refractivity contribution is 5.63. The lowest BCUT2D eigenvalue weighted by Gasteiger charge is -2.03. The number of hydrogen-bond donors (Lipinski definition) is 0. The minimum absolute atomic E-state index is 0.582. The van der Waals surface area contributed by atoms with Gasteiger partial charge < -0.3 is 4.79 Å². The molecule has 0 saturated heterocycles. The van der Waals surface area contributed by atoms with Crippen LogP contribution in [0.5, 0.6) is 0 Å². The molecule has 0 radical (unpaired) electrons. The van der Waals surface area contributed by atoms with E-state index in [4.69, 9.17) is 0 Å². The average molecular weight is 189 g/mol. The maximum absolute atomic E-state index is 10.2. The monoisotopic (exact) mass is 189 g/mol. The van der Waals surface area contributed by atoms with Crippen molar-refractivity contribution in [2.45, 2.75) is 26.7 Å². The molecule has 0 aliphatic rings. The third kappa shape index (κ3) is 2.80. The first-order valence-corrected chi connectivity index (χ1v) is 4.79. The Labute approximate surface area is 84.7 Å². The van der Waals surface area contributed by atoms with Crippen LogP contribution in [0.25, 0.3) is 0 Å². The van der Waals surface area contributed by atoms with Crippen LogP contribution in [0.3, 0.4) is 0 Å². The zero-order chi connectivity index (χ0) is 10.4. The van der Waals surface area contributed by atoms with Crippen molar-refractivity contribution in [1.82, 2.24) is 0 Å². The Balaban J connectivity index is 2.88. The van der Waals surface area contributed by atoms with Gasteiger partial charge in [0, 0.05) is 12.6 Å². The van der Waals surface area contributed by atoms with Crippen LogP contribution in [0.4, 0.5) is 5.69 Å². The molecule has 0 unspecified atom stereocenters. The smallest absolute Gasteiger partial charge is 0.120 e. The Hall–Kier alpha value is -1.44. The minimum Gasteiger partial charge on any atom is -0.303 e. The van der Waals surface area contributed by atoms with Gasteiger partial charge in [-0.15, -0.1) is 0 Å². The zero-order valence-electron chi connectivity index (χ0n) is 8.66. The summed E-state index contributed by atoms with van der Waals surface area (Å²) in [5.41, 5.74) is 3.33. The third-order valence-electron chi connectivity index (χ3n) is 2.09. The molecule has 0 aliphatic heterocycles. The number of nitrogens with zero attached hydrogens (tertiary/aromatic N) is 1. The standard InChI is InChI=1S/C12H15NO/c1-3-13-12-9-11(5-4-8-14)7-6-10(12)2/h3,6-9H,4-5H2,1-2H3. The highest BCUT2D eigenvalue weighted by Gasteiger charge is 1.98. The molecule has 0 aromatic heterocycles. The number of carbonyl (C=O) groups excluding carboxylic acids is 1. The molecule has 1 aromatic carbocycles. The summed E-state index contributed by atoms with van der Waals surface area (Å²) >= 11 is 0. The second-order valence-electron chi connectivity index (χ2n) is 3.21.